The van der Waals surface area contributed by atoms with Crippen LogP contribution in [0.25, 0.3) is 0 Å². The minimum Gasteiger partial charge on any atom is -0.379 e. The number of nitrogens with one attached hydrogen (secondary N) is 1. The summed E-state index contributed by atoms with van der Waals surface area (Å²) in [5.41, 5.74) is 0.960. The Morgan fingerprint density at radius 2 is 2.00 bits per heavy atom. The molecule has 1 N–H and O–H groups in total. The first-order valence-corrected chi connectivity index (χ1v) is 7.35. The van der Waals surface area contributed by atoms with Crippen molar-refractivity contribution in [2.75, 3.05) is 31.6 Å². The molecule has 1 aliphatic rings. The summed E-state index contributed by atoms with van der Waals surface area (Å²) >= 11 is 0. The average Bonchev–Trinajstić information content (AvgIpc) is 2.95. The third-order valence-electron chi connectivity index (χ3n) is 3.65. The third kappa shape index (κ3) is 3.35. The number of anilines is 1. The van der Waals surface area contributed by atoms with Crippen LogP contribution in [-0.4, -0.2) is 42.3 Å². The van der Waals surface area contributed by atoms with Gasteiger partial charge in [0, 0.05) is 19.2 Å². The van der Waals surface area contributed by atoms with Crippen LogP contribution >= 0.6 is 0 Å². The molecule has 1 atom stereocenters. The highest BCUT2D eigenvalue weighted by molar-refractivity contribution is 5.94. The van der Waals surface area contributed by atoms with Gasteiger partial charge in [-0.1, -0.05) is 35.5 Å². The molecule has 2 heterocycles. The van der Waals surface area contributed by atoms with Gasteiger partial charge in [0.05, 0.1) is 13.2 Å². The highest BCUT2D eigenvalue weighted by Gasteiger charge is 2.29. The van der Waals surface area contributed by atoms with Gasteiger partial charge in [0.2, 0.25) is 5.91 Å². The van der Waals surface area contributed by atoms with Gasteiger partial charge in [0.25, 0.3) is 0 Å². The summed E-state index contributed by atoms with van der Waals surface area (Å²) in [5.74, 6) is 0.996. The predicted octanol–water partition coefficient (Wildman–Crippen LogP) is 2.00. The molecule has 1 aromatic carbocycles. The van der Waals surface area contributed by atoms with E-state index in [9.17, 15) is 4.79 Å². The van der Waals surface area contributed by atoms with Crippen LogP contribution in [0.15, 0.2) is 40.9 Å². The van der Waals surface area contributed by atoms with Gasteiger partial charge in [-0.05, 0) is 12.5 Å². The summed E-state index contributed by atoms with van der Waals surface area (Å²) in [5, 5.41) is 6.66. The Bertz CT molecular complexity index is 621. The monoisotopic (exact) mass is 301 g/mol. The van der Waals surface area contributed by atoms with Crippen molar-refractivity contribution in [3.05, 3.63) is 47.7 Å². The van der Waals surface area contributed by atoms with E-state index in [1.54, 1.807) is 13.0 Å². The Kier molecular flexibility index (Phi) is 4.50. The zero-order valence-electron chi connectivity index (χ0n) is 12.5. The number of rotatable bonds is 4. The lowest BCUT2D eigenvalue weighted by atomic mass is 10.0. The molecule has 2 aromatic rings. The predicted molar refractivity (Wildman–Crippen MR) is 81.4 cm³/mol. The van der Waals surface area contributed by atoms with E-state index in [1.165, 1.54) is 0 Å². The summed E-state index contributed by atoms with van der Waals surface area (Å²) in [6.45, 7) is 4.52. The van der Waals surface area contributed by atoms with Crippen molar-refractivity contribution < 1.29 is 14.1 Å². The fraction of sp³-hybridized carbons (Fsp3) is 0.375. The standard InChI is InChI=1S/C16H19N3O3/c1-12-11-14(18-22-12)17-16(20)15(13-5-3-2-4-6-13)19-7-9-21-10-8-19/h2-6,11,15H,7-10H2,1H3,(H,17,18,20). The molecule has 0 bridgehead atoms. The summed E-state index contributed by atoms with van der Waals surface area (Å²) < 4.78 is 10.4. The number of aryl methyl sites for hydroxylation is 1. The second kappa shape index (κ2) is 6.72. The van der Waals surface area contributed by atoms with E-state index >= 15 is 0 Å². The first-order valence-electron chi connectivity index (χ1n) is 7.35. The molecule has 1 saturated heterocycles. The topological polar surface area (TPSA) is 67.6 Å². The number of hydrogen-bond donors (Lipinski definition) is 1. The number of hydrogen-bond acceptors (Lipinski definition) is 5. The lowest BCUT2D eigenvalue weighted by Crippen LogP contribution is -2.43. The van der Waals surface area contributed by atoms with Gasteiger partial charge < -0.3 is 14.6 Å². The molecular formula is C16H19N3O3. The highest BCUT2D eigenvalue weighted by Crippen LogP contribution is 2.23. The lowest BCUT2D eigenvalue weighted by Gasteiger charge is -2.33. The number of nitrogens with zero attached hydrogens (tertiary/aromatic N) is 2. The SMILES string of the molecule is Cc1cc(NC(=O)C(c2ccccc2)N2CCOCC2)no1. The molecule has 1 amide bonds. The smallest absolute Gasteiger partial charge is 0.247 e. The zero-order valence-corrected chi connectivity index (χ0v) is 12.5. The van der Waals surface area contributed by atoms with E-state index in [-0.39, 0.29) is 11.9 Å². The van der Waals surface area contributed by atoms with Crippen LogP contribution < -0.4 is 5.32 Å². The molecule has 0 saturated carbocycles. The number of carbonyl (C=O) groups is 1. The van der Waals surface area contributed by atoms with Crippen molar-refractivity contribution in [2.45, 2.75) is 13.0 Å². The van der Waals surface area contributed by atoms with Crippen molar-refractivity contribution >= 4 is 11.7 Å². The summed E-state index contributed by atoms with van der Waals surface area (Å²) in [6, 6.07) is 11.1. The normalized spacial score (nSPS) is 17.1. The number of amides is 1. The fourth-order valence-electron chi connectivity index (χ4n) is 2.62. The molecule has 0 spiro atoms. The van der Waals surface area contributed by atoms with Crippen LogP contribution in [0.5, 0.6) is 0 Å². The number of benzene rings is 1. The maximum absolute atomic E-state index is 12.7. The van der Waals surface area contributed by atoms with E-state index in [1.807, 2.05) is 30.3 Å². The first-order chi connectivity index (χ1) is 10.7. The second-order valence-corrected chi connectivity index (χ2v) is 5.27. The molecule has 6 nitrogen and oxygen atoms in total. The minimum absolute atomic E-state index is 0.110. The van der Waals surface area contributed by atoms with Crippen LogP contribution in [0.2, 0.25) is 0 Å². The van der Waals surface area contributed by atoms with Crippen molar-refractivity contribution in [3.63, 3.8) is 0 Å². The minimum atomic E-state index is -0.359. The summed E-state index contributed by atoms with van der Waals surface area (Å²) in [6.07, 6.45) is 0. The maximum atomic E-state index is 12.7. The molecule has 1 aliphatic heterocycles. The first kappa shape index (κ1) is 14.7. The van der Waals surface area contributed by atoms with E-state index in [2.05, 4.69) is 15.4 Å². The van der Waals surface area contributed by atoms with Gasteiger partial charge in [-0.25, -0.2) is 0 Å². The van der Waals surface area contributed by atoms with Crippen molar-refractivity contribution in [2.24, 2.45) is 0 Å². The molecular weight excluding hydrogens is 282 g/mol. The molecule has 22 heavy (non-hydrogen) atoms. The molecule has 1 aromatic heterocycles. The summed E-state index contributed by atoms with van der Waals surface area (Å²) in [7, 11) is 0. The van der Waals surface area contributed by atoms with Crippen LogP contribution in [0.3, 0.4) is 0 Å². The third-order valence-corrected chi connectivity index (χ3v) is 3.65. The van der Waals surface area contributed by atoms with Crippen molar-refractivity contribution in [1.29, 1.82) is 0 Å². The van der Waals surface area contributed by atoms with E-state index in [0.717, 1.165) is 18.7 Å². The molecule has 1 unspecified atom stereocenters. The fourth-order valence-corrected chi connectivity index (χ4v) is 2.62. The second-order valence-electron chi connectivity index (χ2n) is 5.27. The Morgan fingerprint density at radius 3 is 2.64 bits per heavy atom. The van der Waals surface area contributed by atoms with Gasteiger partial charge in [0.1, 0.15) is 11.8 Å². The van der Waals surface area contributed by atoms with E-state index in [0.29, 0.717) is 24.8 Å². The Hall–Kier alpha value is -2.18. The van der Waals surface area contributed by atoms with Crippen molar-refractivity contribution in [3.8, 4) is 0 Å². The maximum Gasteiger partial charge on any atom is 0.247 e. The number of morpholine rings is 1. The number of ether oxygens (including phenoxy) is 1. The molecule has 6 heteroatoms. The van der Waals surface area contributed by atoms with Gasteiger partial charge in [-0.2, -0.15) is 0 Å². The number of carbonyl (C=O) groups excluding carboxylic acids is 1. The van der Waals surface area contributed by atoms with E-state index in [4.69, 9.17) is 9.26 Å². The van der Waals surface area contributed by atoms with Crippen LogP contribution in [0.1, 0.15) is 17.4 Å². The Balaban J connectivity index is 1.82. The summed E-state index contributed by atoms with van der Waals surface area (Å²) in [4.78, 5) is 14.9. The van der Waals surface area contributed by atoms with Crippen LogP contribution in [0, 0.1) is 6.92 Å². The molecule has 1 fully saturated rings. The lowest BCUT2D eigenvalue weighted by molar-refractivity contribution is -0.123. The quantitative estimate of drug-likeness (QED) is 0.935. The van der Waals surface area contributed by atoms with Crippen LogP contribution in [-0.2, 0) is 9.53 Å². The average molecular weight is 301 g/mol. The van der Waals surface area contributed by atoms with Gasteiger partial charge >= 0.3 is 0 Å². The molecule has 3 rings (SSSR count). The van der Waals surface area contributed by atoms with Crippen molar-refractivity contribution in [1.82, 2.24) is 10.1 Å². The molecule has 116 valence electrons. The van der Waals surface area contributed by atoms with Crippen LogP contribution in [0.4, 0.5) is 5.82 Å². The molecule has 0 aliphatic carbocycles. The van der Waals surface area contributed by atoms with E-state index < -0.39 is 0 Å². The highest BCUT2D eigenvalue weighted by atomic mass is 16.5. The molecule has 0 radical (unpaired) electrons. The zero-order chi connectivity index (χ0) is 15.4. The number of aromatic nitrogens is 1. The Morgan fingerprint density at radius 1 is 1.27 bits per heavy atom. The van der Waals surface area contributed by atoms with Gasteiger partial charge in [-0.15, -0.1) is 0 Å². The largest absolute Gasteiger partial charge is 0.379 e. The van der Waals surface area contributed by atoms with Gasteiger partial charge in [-0.3, -0.25) is 9.69 Å². The Labute approximate surface area is 129 Å². The van der Waals surface area contributed by atoms with Gasteiger partial charge in [0.15, 0.2) is 5.82 Å².